The molecule has 0 aromatic carbocycles. The molecule has 28 heavy (non-hydrogen) atoms. The number of nitrogens with zero attached hydrogens (tertiary/aromatic N) is 4. The zero-order valence-corrected chi connectivity index (χ0v) is 17.4. The van der Waals surface area contributed by atoms with Crippen LogP contribution in [0.3, 0.4) is 0 Å². The summed E-state index contributed by atoms with van der Waals surface area (Å²) in [4.78, 5) is 26.6. The van der Waals surface area contributed by atoms with E-state index in [-0.39, 0.29) is 5.69 Å². The zero-order valence-electron chi connectivity index (χ0n) is 17.4. The summed E-state index contributed by atoms with van der Waals surface area (Å²) < 4.78 is 6.76. The van der Waals surface area contributed by atoms with Gasteiger partial charge in [-0.2, -0.15) is 5.10 Å². The van der Waals surface area contributed by atoms with Crippen LogP contribution in [0.1, 0.15) is 41.5 Å². The predicted molar refractivity (Wildman–Crippen MR) is 106 cm³/mol. The first-order valence-electron chi connectivity index (χ1n) is 9.12. The minimum absolute atomic E-state index is 0.0458. The molecule has 11 nitrogen and oxygen atoms in total. The number of nitro groups is 1. The highest BCUT2D eigenvalue weighted by Crippen LogP contribution is 2.10. The average molecular weight is 397 g/mol. The van der Waals surface area contributed by atoms with Gasteiger partial charge in [0.25, 0.3) is 0 Å². The molecule has 0 saturated heterocycles. The number of alkyl carbamates (subject to hydrolysis) is 1. The first-order chi connectivity index (χ1) is 12.9. The van der Waals surface area contributed by atoms with Crippen LogP contribution in [0.4, 0.5) is 10.5 Å². The fourth-order valence-corrected chi connectivity index (χ4v) is 2.10. The van der Waals surface area contributed by atoms with Crippen LogP contribution in [0, 0.1) is 10.1 Å². The van der Waals surface area contributed by atoms with Crippen LogP contribution < -0.4 is 16.0 Å². The van der Waals surface area contributed by atoms with Crippen molar-refractivity contribution in [2.75, 3.05) is 19.6 Å². The SMILES string of the molecule is CCNC(=NCC(C)(C)NC(=O)OC(C)(C)C)NCCn1cc([N+](=O)[O-])cn1. The summed E-state index contributed by atoms with van der Waals surface area (Å²) in [5.41, 5.74) is -1.22. The molecule has 0 atom stereocenters. The van der Waals surface area contributed by atoms with Gasteiger partial charge in [0, 0.05) is 13.1 Å². The molecule has 1 amide bonds. The molecule has 0 saturated carbocycles. The molecule has 1 aromatic rings. The number of rotatable bonds is 8. The van der Waals surface area contributed by atoms with E-state index in [0.717, 1.165) is 0 Å². The third-order valence-corrected chi connectivity index (χ3v) is 3.28. The van der Waals surface area contributed by atoms with Crippen molar-refractivity contribution in [2.45, 2.75) is 59.2 Å². The Morgan fingerprint density at radius 3 is 2.54 bits per heavy atom. The summed E-state index contributed by atoms with van der Waals surface area (Å²) >= 11 is 0. The molecular formula is C17H31N7O4. The van der Waals surface area contributed by atoms with Crippen LogP contribution in [0.2, 0.25) is 0 Å². The Labute approximate surface area is 165 Å². The number of aromatic nitrogens is 2. The Morgan fingerprint density at radius 1 is 1.32 bits per heavy atom. The molecular weight excluding hydrogens is 366 g/mol. The van der Waals surface area contributed by atoms with Crippen LogP contribution in [0.5, 0.6) is 0 Å². The molecule has 1 aromatic heterocycles. The monoisotopic (exact) mass is 397 g/mol. The second-order valence-electron chi connectivity index (χ2n) is 7.85. The van der Waals surface area contributed by atoms with Crippen molar-refractivity contribution in [2.24, 2.45) is 4.99 Å². The maximum Gasteiger partial charge on any atom is 0.408 e. The average Bonchev–Trinajstić information content (AvgIpc) is 2.99. The van der Waals surface area contributed by atoms with E-state index >= 15 is 0 Å². The number of nitrogens with one attached hydrogen (secondary N) is 3. The maximum absolute atomic E-state index is 12.0. The highest BCUT2D eigenvalue weighted by atomic mass is 16.6. The van der Waals surface area contributed by atoms with Crippen molar-refractivity contribution in [3.8, 4) is 0 Å². The van der Waals surface area contributed by atoms with Gasteiger partial charge in [0.15, 0.2) is 5.96 Å². The first kappa shape index (κ1) is 23.2. The number of hydrogen-bond donors (Lipinski definition) is 3. The number of carbonyl (C=O) groups is 1. The fourth-order valence-electron chi connectivity index (χ4n) is 2.10. The van der Waals surface area contributed by atoms with Gasteiger partial charge in [0.1, 0.15) is 18.0 Å². The molecule has 0 fully saturated rings. The molecule has 1 rings (SSSR count). The zero-order chi connectivity index (χ0) is 21.4. The molecule has 0 bridgehead atoms. The van der Waals surface area contributed by atoms with Gasteiger partial charge in [-0.1, -0.05) is 0 Å². The minimum Gasteiger partial charge on any atom is -0.444 e. The van der Waals surface area contributed by atoms with Crippen LogP contribution >= 0.6 is 0 Å². The van der Waals surface area contributed by atoms with E-state index < -0.39 is 22.2 Å². The van der Waals surface area contributed by atoms with Crippen molar-refractivity contribution in [1.29, 1.82) is 0 Å². The van der Waals surface area contributed by atoms with E-state index in [4.69, 9.17) is 4.74 Å². The van der Waals surface area contributed by atoms with Crippen molar-refractivity contribution in [1.82, 2.24) is 25.7 Å². The molecule has 0 unspecified atom stereocenters. The second kappa shape index (κ2) is 9.90. The van der Waals surface area contributed by atoms with Crippen LogP contribution in [0.25, 0.3) is 0 Å². The number of ether oxygens (including phenoxy) is 1. The van der Waals surface area contributed by atoms with Crippen molar-refractivity contribution in [3.63, 3.8) is 0 Å². The lowest BCUT2D eigenvalue weighted by Crippen LogP contribution is -2.49. The topological polar surface area (TPSA) is 136 Å². The van der Waals surface area contributed by atoms with Gasteiger partial charge < -0.3 is 20.7 Å². The minimum atomic E-state index is -0.604. The van der Waals surface area contributed by atoms with Gasteiger partial charge in [-0.15, -0.1) is 0 Å². The molecule has 0 aliphatic rings. The summed E-state index contributed by atoms with van der Waals surface area (Å²) in [6.45, 7) is 13.0. The van der Waals surface area contributed by atoms with Crippen LogP contribution in [-0.2, 0) is 11.3 Å². The molecule has 11 heteroatoms. The summed E-state index contributed by atoms with van der Waals surface area (Å²) in [7, 11) is 0. The quantitative estimate of drug-likeness (QED) is 0.263. The molecule has 3 N–H and O–H groups in total. The predicted octanol–water partition coefficient (Wildman–Crippen LogP) is 1.65. The maximum atomic E-state index is 12.0. The van der Waals surface area contributed by atoms with Gasteiger partial charge in [-0.25, -0.2) is 4.79 Å². The first-order valence-corrected chi connectivity index (χ1v) is 9.12. The summed E-state index contributed by atoms with van der Waals surface area (Å²) in [5, 5.41) is 23.7. The molecule has 1 heterocycles. The Morgan fingerprint density at radius 2 is 2.00 bits per heavy atom. The molecule has 0 spiro atoms. The van der Waals surface area contributed by atoms with Gasteiger partial charge in [0.05, 0.1) is 23.6 Å². The number of carbonyl (C=O) groups excluding carboxylic acids is 1. The van der Waals surface area contributed by atoms with Crippen LogP contribution in [0.15, 0.2) is 17.4 Å². The highest BCUT2D eigenvalue weighted by molar-refractivity contribution is 5.79. The molecule has 158 valence electrons. The lowest BCUT2D eigenvalue weighted by molar-refractivity contribution is -0.385. The second-order valence-corrected chi connectivity index (χ2v) is 7.85. The Kier molecular flexibility index (Phi) is 8.20. The Balaban J connectivity index is 2.57. The molecule has 0 radical (unpaired) electrons. The third kappa shape index (κ3) is 9.19. The Hall–Kier alpha value is -2.85. The van der Waals surface area contributed by atoms with E-state index in [9.17, 15) is 14.9 Å². The van der Waals surface area contributed by atoms with Gasteiger partial charge in [-0.3, -0.25) is 19.8 Å². The largest absolute Gasteiger partial charge is 0.444 e. The standard InChI is InChI=1S/C17H31N7O4/c1-7-18-14(19-8-9-23-11-13(10-21-23)24(26)27)20-12-17(5,6)22-15(25)28-16(2,3)4/h10-11H,7-9,12H2,1-6H3,(H,22,25)(H2,18,19,20). The van der Waals surface area contributed by atoms with E-state index in [1.165, 1.54) is 17.1 Å². The smallest absolute Gasteiger partial charge is 0.408 e. The van der Waals surface area contributed by atoms with Gasteiger partial charge in [0.2, 0.25) is 0 Å². The summed E-state index contributed by atoms with van der Waals surface area (Å²) in [6.07, 6.45) is 2.09. The van der Waals surface area contributed by atoms with Crippen LogP contribution in [-0.4, -0.2) is 57.5 Å². The van der Waals surface area contributed by atoms with E-state index in [1.54, 1.807) is 20.8 Å². The molecule has 0 aliphatic heterocycles. The van der Waals surface area contributed by atoms with Gasteiger partial charge in [-0.05, 0) is 41.5 Å². The van der Waals surface area contributed by atoms with Gasteiger partial charge >= 0.3 is 11.8 Å². The van der Waals surface area contributed by atoms with E-state index in [1.807, 2.05) is 20.8 Å². The normalized spacial score (nSPS) is 12.4. The fraction of sp³-hybridized carbons (Fsp3) is 0.706. The third-order valence-electron chi connectivity index (χ3n) is 3.28. The Bertz CT molecular complexity index is 692. The molecule has 0 aliphatic carbocycles. The number of aliphatic imine (C=N–C) groups is 1. The van der Waals surface area contributed by atoms with Crippen molar-refractivity contribution < 1.29 is 14.5 Å². The number of amides is 1. The summed E-state index contributed by atoms with van der Waals surface area (Å²) in [6, 6.07) is 0. The lowest BCUT2D eigenvalue weighted by atomic mass is 10.1. The van der Waals surface area contributed by atoms with E-state index in [0.29, 0.717) is 32.1 Å². The van der Waals surface area contributed by atoms with E-state index in [2.05, 4.69) is 26.0 Å². The lowest BCUT2D eigenvalue weighted by Gasteiger charge is -2.27. The highest BCUT2D eigenvalue weighted by Gasteiger charge is 2.24. The summed E-state index contributed by atoms with van der Waals surface area (Å²) in [5.74, 6) is 0.572. The number of hydrogen-bond acceptors (Lipinski definition) is 6. The van der Waals surface area contributed by atoms with Crippen molar-refractivity contribution in [3.05, 3.63) is 22.5 Å². The van der Waals surface area contributed by atoms with Crippen molar-refractivity contribution >= 4 is 17.7 Å². The number of guanidine groups is 1.